The summed E-state index contributed by atoms with van der Waals surface area (Å²) in [6.07, 6.45) is 0. The van der Waals surface area contributed by atoms with E-state index in [4.69, 9.17) is 9.47 Å². The Hall–Kier alpha value is -4.75. The third-order valence-corrected chi connectivity index (χ3v) is 10.2. The lowest BCUT2D eigenvalue weighted by molar-refractivity contribution is -0.122. The summed E-state index contributed by atoms with van der Waals surface area (Å²) in [7, 11) is 1.50. The van der Waals surface area contributed by atoms with E-state index < -0.39 is 51.5 Å². The lowest BCUT2D eigenvalue weighted by Gasteiger charge is -2.31. The van der Waals surface area contributed by atoms with Crippen molar-refractivity contribution in [3.8, 4) is 5.75 Å². The molecule has 1 N–H and O–H groups in total. The molecule has 3 unspecified atom stereocenters. The highest BCUT2D eigenvalue weighted by molar-refractivity contribution is 8.00. The van der Waals surface area contributed by atoms with Crippen molar-refractivity contribution in [1.29, 1.82) is 0 Å². The number of thioether (sulfide) groups is 1. The molecule has 3 aromatic carbocycles. The van der Waals surface area contributed by atoms with E-state index in [1.54, 1.807) is 31.2 Å². The molecule has 0 bridgehead atoms. The number of hydrogen-bond donors (Lipinski definition) is 1. The molecule has 1 fully saturated rings. The molecule has 2 aliphatic heterocycles. The number of methoxy groups -OCH3 is 1. The Kier molecular flexibility index (Phi) is 8.30. The van der Waals surface area contributed by atoms with Crippen molar-refractivity contribution in [3.05, 3.63) is 104 Å². The smallest absolute Gasteiger partial charge is 0.338 e. The number of amides is 3. The minimum atomic E-state index is -0.912. The van der Waals surface area contributed by atoms with Crippen LogP contribution in [0.25, 0.3) is 0 Å². The van der Waals surface area contributed by atoms with Gasteiger partial charge in [-0.3, -0.25) is 23.7 Å². The number of halogens is 1. The lowest BCUT2D eigenvalue weighted by Crippen LogP contribution is -2.33. The molecule has 13 heteroatoms. The maximum Gasteiger partial charge on any atom is 0.338 e. The predicted molar refractivity (Wildman–Crippen MR) is 166 cm³/mol. The molecule has 3 atom stereocenters. The first-order valence-electron chi connectivity index (χ1n) is 13.9. The van der Waals surface area contributed by atoms with Gasteiger partial charge in [-0.2, -0.15) is 0 Å². The number of carbonyl (C=O) groups is 4. The average molecular weight is 648 g/mol. The summed E-state index contributed by atoms with van der Waals surface area (Å²) in [5.41, 5.74) is 1.57. The van der Waals surface area contributed by atoms with Crippen molar-refractivity contribution >= 4 is 58.2 Å². The molecule has 3 heterocycles. The number of nitrogens with one attached hydrogen (secondary N) is 1. The molecule has 45 heavy (non-hydrogen) atoms. The number of nitrogens with zero attached hydrogens (tertiary/aromatic N) is 2. The van der Waals surface area contributed by atoms with E-state index in [1.807, 2.05) is 0 Å². The summed E-state index contributed by atoms with van der Waals surface area (Å²) in [6, 6.07) is 18.4. The van der Waals surface area contributed by atoms with Gasteiger partial charge < -0.3 is 14.8 Å². The fraction of sp³-hybridized carbons (Fsp3) is 0.219. The molecule has 6 rings (SSSR count). The van der Waals surface area contributed by atoms with Crippen LogP contribution < -0.4 is 19.8 Å². The van der Waals surface area contributed by atoms with Crippen LogP contribution in [-0.2, 0) is 25.7 Å². The zero-order valence-electron chi connectivity index (χ0n) is 24.0. The molecular formula is C32H26FN3O7S2. The Bertz CT molecular complexity index is 1870. The van der Waals surface area contributed by atoms with Gasteiger partial charge in [-0.25, -0.2) is 14.1 Å². The minimum absolute atomic E-state index is 0.206. The highest BCUT2D eigenvalue weighted by Crippen LogP contribution is 2.55. The van der Waals surface area contributed by atoms with E-state index in [0.29, 0.717) is 32.6 Å². The first-order chi connectivity index (χ1) is 21.7. The number of fused-ring (bicyclic) bond motifs is 2. The van der Waals surface area contributed by atoms with E-state index in [0.717, 1.165) is 28.0 Å². The van der Waals surface area contributed by atoms with Crippen LogP contribution in [-0.4, -0.2) is 47.2 Å². The Morgan fingerprint density at radius 1 is 0.956 bits per heavy atom. The monoisotopic (exact) mass is 647 g/mol. The maximum atomic E-state index is 14.1. The van der Waals surface area contributed by atoms with E-state index in [9.17, 15) is 28.4 Å². The summed E-state index contributed by atoms with van der Waals surface area (Å²) in [5.74, 6) is -3.54. The fourth-order valence-corrected chi connectivity index (χ4v) is 8.37. The summed E-state index contributed by atoms with van der Waals surface area (Å²) in [5, 5.41) is 2.16. The standard InChI is InChI=1S/C32H26FN3O7S2/c1-3-43-31(40)17-8-14-20(15-9-17)36-28(38)25-24(21-6-4-5-7-22(21)42-2)27-30(44-26(25)29(36)39)35(32(41)45-27)16-23(37)34-19-12-10-18(33)11-13-19/h4-15,24-26H,3,16H2,1-2H3,(H,34,37). The van der Waals surface area contributed by atoms with Crippen LogP contribution >= 0.6 is 23.1 Å². The van der Waals surface area contributed by atoms with Crippen LogP contribution in [0.15, 0.2) is 82.6 Å². The van der Waals surface area contributed by atoms with Crippen molar-refractivity contribution in [2.24, 2.45) is 5.92 Å². The highest BCUT2D eigenvalue weighted by Gasteiger charge is 2.57. The largest absolute Gasteiger partial charge is 0.496 e. The summed E-state index contributed by atoms with van der Waals surface area (Å²) in [4.78, 5) is 67.9. The lowest BCUT2D eigenvalue weighted by atomic mass is 9.82. The Morgan fingerprint density at radius 3 is 2.36 bits per heavy atom. The number of benzene rings is 3. The van der Waals surface area contributed by atoms with E-state index in [1.165, 1.54) is 60.2 Å². The molecule has 0 saturated carbocycles. The summed E-state index contributed by atoms with van der Waals surface area (Å²) in [6.45, 7) is 1.55. The molecule has 0 spiro atoms. The normalized spacial score (nSPS) is 18.7. The number of para-hydroxylation sites is 1. The molecule has 1 saturated heterocycles. The third kappa shape index (κ3) is 5.53. The van der Waals surface area contributed by atoms with E-state index >= 15 is 0 Å². The van der Waals surface area contributed by atoms with Crippen molar-refractivity contribution in [1.82, 2.24) is 4.57 Å². The number of rotatable bonds is 8. The number of anilines is 2. The second kappa shape index (κ2) is 12.3. The number of ether oxygens (including phenoxy) is 2. The number of carbonyl (C=O) groups excluding carboxylic acids is 4. The molecule has 3 amide bonds. The van der Waals surface area contributed by atoms with Crippen molar-refractivity contribution in [2.45, 2.75) is 29.7 Å². The van der Waals surface area contributed by atoms with Crippen LogP contribution in [0.1, 0.15) is 33.6 Å². The van der Waals surface area contributed by atoms with Crippen molar-refractivity contribution in [3.63, 3.8) is 0 Å². The first kappa shape index (κ1) is 30.3. The van der Waals surface area contributed by atoms with Gasteiger partial charge in [0.15, 0.2) is 0 Å². The van der Waals surface area contributed by atoms with Gasteiger partial charge in [-0.05, 0) is 61.5 Å². The summed E-state index contributed by atoms with van der Waals surface area (Å²) < 4.78 is 25.3. The molecule has 0 aliphatic carbocycles. The summed E-state index contributed by atoms with van der Waals surface area (Å²) >= 11 is 2.00. The second-order valence-electron chi connectivity index (χ2n) is 10.2. The predicted octanol–water partition coefficient (Wildman–Crippen LogP) is 4.67. The Balaban J connectivity index is 1.39. The molecule has 4 aromatic rings. The third-order valence-electron chi connectivity index (χ3n) is 7.59. The van der Waals surface area contributed by atoms with Crippen LogP contribution in [0.2, 0.25) is 0 Å². The van der Waals surface area contributed by atoms with Gasteiger partial charge in [0.25, 0.3) is 0 Å². The number of esters is 1. The second-order valence-corrected chi connectivity index (χ2v) is 12.4. The van der Waals surface area contributed by atoms with E-state index in [-0.39, 0.29) is 18.7 Å². The zero-order chi connectivity index (χ0) is 31.8. The van der Waals surface area contributed by atoms with Crippen LogP contribution in [0.5, 0.6) is 5.75 Å². The van der Waals surface area contributed by atoms with E-state index in [2.05, 4.69) is 5.32 Å². The van der Waals surface area contributed by atoms with Gasteiger partial charge in [-0.1, -0.05) is 41.3 Å². The highest BCUT2D eigenvalue weighted by atomic mass is 32.2. The minimum Gasteiger partial charge on any atom is -0.496 e. The van der Waals surface area contributed by atoms with Gasteiger partial charge in [0.2, 0.25) is 17.7 Å². The molecular weight excluding hydrogens is 621 g/mol. The van der Waals surface area contributed by atoms with Gasteiger partial charge in [0, 0.05) is 22.0 Å². The zero-order valence-corrected chi connectivity index (χ0v) is 25.7. The first-order valence-corrected chi connectivity index (χ1v) is 15.6. The average Bonchev–Trinajstić information content (AvgIpc) is 3.48. The number of hydrogen-bond acceptors (Lipinski definition) is 9. The van der Waals surface area contributed by atoms with Crippen LogP contribution in [0.4, 0.5) is 15.8 Å². The SMILES string of the molecule is CCOC(=O)c1ccc(N2C(=O)C3Sc4c(sc(=O)n4CC(=O)Nc4ccc(F)cc4)C(c4ccccc4OC)C3C2=O)cc1. The van der Waals surface area contributed by atoms with Gasteiger partial charge in [0.05, 0.1) is 35.9 Å². The molecule has 0 radical (unpaired) electrons. The Morgan fingerprint density at radius 2 is 1.67 bits per heavy atom. The van der Waals surface area contributed by atoms with Gasteiger partial charge in [0.1, 0.15) is 23.4 Å². The molecule has 10 nitrogen and oxygen atoms in total. The molecule has 1 aromatic heterocycles. The molecule has 2 aliphatic rings. The van der Waals surface area contributed by atoms with Crippen LogP contribution in [0.3, 0.4) is 0 Å². The fourth-order valence-electron chi connectivity index (χ4n) is 5.61. The number of imide groups is 1. The number of thiazole rings is 1. The van der Waals surface area contributed by atoms with Gasteiger partial charge >= 0.3 is 10.8 Å². The van der Waals surface area contributed by atoms with Crippen LogP contribution in [0, 0.1) is 11.7 Å². The Labute approximate surface area is 264 Å². The topological polar surface area (TPSA) is 124 Å². The molecule has 230 valence electrons. The van der Waals surface area contributed by atoms with Gasteiger partial charge in [-0.15, -0.1) is 0 Å². The quantitative estimate of drug-likeness (QED) is 0.216. The maximum absolute atomic E-state index is 14.1. The number of aromatic nitrogens is 1. The van der Waals surface area contributed by atoms with Crippen molar-refractivity contribution in [2.75, 3.05) is 23.9 Å². The van der Waals surface area contributed by atoms with Crippen molar-refractivity contribution < 1.29 is 33.0 Å².